The third-order valence-corrected chi connectivity index (χ3v) is 6.37. The Kier molecular flexibility index (Phi) is 5.97. The van der Waals surface area contributed by atoms with E-state index in [1.165, 1.54) is 6.07 Å². The first-order valence-electron chi connectivity index (χ1n) is 9.39. The van der Waals surface area contributed by atoms with Crippen LogP contribution in [0.25, 0.3) is 11.8 Å². The summed E-state index contributed by atoms with van der Waals surface area (Å²) in [5.74, 6) is -0.886. The monoisotopic (exact) mass is 474 g/mol. The lowest BCUT2D eigenvalue weighted by Crippen LogP contribution is -2.27. The SMILES string of the molecule is Cc1cc(/C=C2\SC(=O)N(Cc3ccccc3F)C2=O)c(C)n1-c1cc(Cl)cc(Cl)c1. The first-order chi connectivity index (χ1) is 14.7. The fourth-order valence-corrected chi connectivity index (χ4v) is 4.92. The maximum Gasteiger partial charge on any atom is 0.293 e. The van der Waals surface area contributed by atoms with Gasteiger partial charge in [0.15, 0.2) is 0 Å². The molecule has 0 N–H and O–H groups in total. The number of hydrogen-bond donors (Lipinski definition) is 0. The van der Waals surface area contributed by atoms with Gasteiger partial charge in [0.1, 0.15) is 5.82 Å². The Morgan fingerprint density at radius 1 is 1.03 bits per heavy atom. The number of imide groups is 1. The number of hydrogen-bond acceptors (Lipinski definition) is 3. The van der Waals surface area contributed by atoms with E-state index in [0.29, 0.717) is 20.5 Å². The zero-order valence-corrected chi connectivity index (χ0v) is 19.0. The summed E-state index contributed by atoms with van der Waals surface area (Å²) >= 11 is 13.2. The van der Waals surface area contributed by atoms with E-state index < -0.39 is 17.0 Å². The zero-order chi connectivity index (χ0) is 22.3. The highest BCUT2D eigenvalue weighted by Gasteiger charge is 2.35. The number of aryl methyl sites for hydroxylation is 1. The third kappa shape index (κ3) is 4.28. The summed E-state index contributed by atoms with van der Waals surface area (Å²) < 4.78 is 15.9. The summed E-state index contributed by atoms with van der Waals surface area (Å²) in [5, 5.41) is 0.617. The first kappa shape index (κ1) is 21.7. The van der Waals surface area contributed by atoms with Crippen molar-refractivity contribution in [1.29, 1.82) is 0 Å². The topological polar surface area (TPSA) is 42.3 Å². The lowest BCUT2D eigenvalue weighted by atomic mass is 10.2. The molecule has 0 spiro atoms. The van der Waals surface area contributed by atoms with E-state index in [0.717, 1.165) is 39.3 Å². The van der Waals surface area contributed by atoms with E-state index in [1.807, 2.05) is 24.5 Å². The molecule has 0 aliphatic carbocycles. The van der Waals surface area contributed by atoms with Gasteiger partial charge in [-0.25, -0.2) is 4.39 Å². The van der Waals surface area contributed by atoms with Gasteiger partial charge in [0.25, 0.3) is 11.1 Å². The average Bonchev–Trinajstić information content (AvgIpc) is 3.12. The minimum atomic E-state index is -0.450. The molecule has 31 heavy (non-hydrogen) atoms. The minimum absolute atomic E-state index is 0.102. The molecule has 1 fully saturated rings. The van der Waals surface area contributed by atoms with Crippen LogP contribution in [0.1, 0.15) is 22.5 Å². The number of carbonyl (C=O) groups excluding carboxylic acids is 2. The lowest BCUT2D eigenvalue weighted by Gasteiger charge is -2.12. The molecule has 2 heterocycles. The van der Waals surface area contributed by atoms with Crippen LogP contribution in [-0.4, -0.2) is 20.6 Å². The van der Waals surface area contributed by atoms with Crippen molar-refractivity contribution >= 4 is 52.2 Å². The second kappa shape index (κ2) is 8.54. The summed E-state index contributed by atoms with van der Waals surface area (Å²) in [4.78, 5) is 26.6. The minimum Gasteiger partial charge on any atom is -0.318 e. The van der Waals surface area contributed by atoms with Crippen LogP contribution >= 0.6 is 35.0 Å². The largest absolute Gasteiger partial charge is 0.318 e. The van der Waals surface area contributed by atoms with E-state index in [9.17, 15) is 14.0 Å². The number of halogens is 3. The van der Waals surface area contributed by atoms with Crippen LogP contribution in [-0.2, 0) is 11.3 Å². The highest BCUT2D eigenvalue weighted by Crippen LogP contribution is 2.35. The summed E-state index contributed by atoms with van der Waals surface area (Å²) in [7, 11) is 0. The van der Waals surface area contributed by atoms with Gasteiger partial charge in [-0.2, -0.15) is 0 Å². The normalized spacial score (nSPS) is 15.4. The molecule has 1 aromatic heterocycles. The zero-order valence-electron chi connectivity index (χ0n) is 16.7. The van der Waals surface area contributed by atoms with Crippen LogP contribution in [0.15, 0.2) is 53.4 Å². The van der Waals surface area contributed by atoms with E-state index >= 15 is 0 Å². The Balaban J connectivity index is 1.66. The predicted molar refractivity (Wildman–Crippen MR) is 123 cm³/mol. The van der Waals surface area contributed by atoms with Gasteiger partial charge in [-0.15, -0.1) is 0 Å². The van der Waals surface area contributed by atoms with Gasteiger partial charge >= 0.3 is 0 Å². The maximum absolute atomic E-state index is 14.0. The van der Waals surface area contributed by atoms with Crippen molar-refractivity contribution in [3.05, 3.63) is 91.8 Å². The molecule has 3 aromatic rings. The molecule has 0 atom stereocenters. The Morgan fingerprint density at radius 3 is 2.39 bits per heavy atom. The van der Waals surface area contributed by atoms with Gasteiger partial charge in [0.05, 0.1) is 11.4 Å². The molecule has 0 radical (unpaired) electrons. The van der Waals surface area contributed by atoms with Crippen LogP contribution in [0.2, 0.25) is 10.0 Å². The molecule has 1 aliphatic heterocycles. The van der Waals surface area contributed by atoms with Crippen molar-refractivity contribution in [2.24, 2.45) is 0 Å². The number of benzene rings is 2. The number of carbonyl (C=O) groups is 2. The summed E-state index contributed by atoms with van der Waals surface area (Å²) in [6, 6.07) is 13.3. The Hall–Kier alpha value is -2.54. The summed E-state index contributed by atoms with van der Waals surface area (Å²) in [5.41, 5.74) is 3.69. The van der Waals surface area contributed by atoms with Crippen LogP contribution < -0.4 is 0 Å². The van der Waals surface area contributed by atoms with Crippen LogP contribution in [0.4, 0.5) is 9.18 Å². The van der Waals surface area contributed by atoms with Crippen molar-refractivity contribution in [2.45, 2.75) is 20.4 Å². The van der Waals surface area contributed by atoms with Gasteiger partial charge in [-0.05, 0) is 67.6 Å². The number of rotatable bonds is 4. The summed E-state index contributed by atoms with van der Waals surface area (Å²) in [6.45, 7) is 3.75. The van der Waals surface area contributed by atoms with E-state index in [1.54, 1.807) is 42.5 Å². The van der Waals surface area contributed by atoms with Crippen molar-refractivity contribution in [3.63, 3.8) is 0 Å². The molecule has 2 aromatic carbocycles. The van der Waals surface area contributed by atoms with Crippen molar-refractivity contribution < 1.29 is 14.0 Å². The summed E-state index contributed by atoms with van der Waals surface area (Å²) in [6.07, 6.45) is 1.69. The van der Waals surface area contributed by atoms with E-state index in [-0.39, 0.29) is 6.54 Å². The molecule has 1 aliphatic rings. The molecular weight excluding hydrogens is 458 g/mol. The van der Waals surface area contributed by atoms with Gasteiger partial charge < -0.3 is 4.57 Å². The van der Waals surface area contributed by atoms with Gasteiger partial charge in [0, 0.05) is 32.7 Å². The van der Waals surface area contributed by atoms with Crippen molar-refractivity contribution in [2.75, 3.05) is 0 Å². The number of nitrogens with zero attached hydrogens (tertiary/aromatic N) is 2. The molecular formula is C23H17Cl2FN2O2S. The second-order valence-electron chi connectivity index (χ2n) is 7.15. The Labute approximate surface area is 193 Å². The van der Waals surface area contributed by atoms with E-state index in [4.69, 9.17) is 23.2 Å². The first-order valence-corrected chi connectivity index (χ1v) is 11.0. The maximum atomic E-state index is 14.0. The van der Waals surface area contributed by atoms with Gasteiger partial charge in [0.2, 0.25) is 0 Å². The third-order valence-electron chi connectivity index (χ3n) is 5.02. The Morgan fingerprint density at radius 2 is 1.71 bits per heavy atom. The van der Waals surface area contributed by atoms with Crippen molar-refractivity contribution in [1.82, 2.24) is 9.47 Å². The number of aromatic nitrogens is 1. The molecule has 0 unspecified atom stereocenters. The highest BCUT2D eigenvalue weighted by molar-refractivity contribution is 8.18. The van der Waals surface area contributed by atoms with Crippen LogP contribution in [0.3, 0.4) is 0 Å². The molecule has 4 rings (SSSR count). The fourth-order valence-electron chi connectivity index (χ4n) is 3.57. The average molecular weight is 475 g/mol. The van der Waals surface area contributed by atoms with Crippen LogP contribution in [0, 0.1) is 19.7 Å². The molecule has 1 saturated heterocycles. The smallest absolute Gasteiger partial charge is 0.293 e. The van der Waals surface area contributed by atoms with Crippen LogP contribution in [0.5, 0.6) is 0 Å². The highest BCUT2D eigenvalue weighted by atomic mass is 35.5. The molecule has 0 saturated carbocycles. The fraction of sp³-hybridized carbons (Fsp3) is 0.130. The molecule has 158 valence electrons. The number of thioether (sulfide) groups is 1. The molecule has 2 amide bonds. The lowest BCUT2D eigenvalue weighted by molar-refractivity contribution is -0.123. The van der Waals surface area contributed by atoms with E-state index in [2.05, 4.69) is 0 Å². The molecule has 0 bridgehead atoms. The second-order valence-corrected chi connectivity index (χ2v) is 9.01. The number of amides is 2. The molecule has 8 heteroatoms. The standard InChI is InChI=1S/C23H17Cl2FN2O2S/c1-13-7-16(14(2)28(13)19-10-17(24)9-18(25)11-19)8-21-22(29)27(23(30)31-21)12-15-5-3-4-6-20(15)26/h3-11H,12H2,1-2H3/b21-8-. The van der Waals surface area contributed by atoms with Gasteiger partial charge in [-0.1, -0.05) is 41.4 Å². The van der Waals surface area contributed by atoms with Gasteiger partial charge in [-0.3, -0.25) is 14.5 Å². The molecule has 4 nitrogen and oxygen atoms in total. The predicted octanol–water partition coefficient (Wildman–Crippen LogP) is 6.78. The Bertz CT molecular complexity index is 1230. The quantitative estimate of drug-likeness (QED) is 0.391. The van der Waals surface area contributed by atoms with Crippen molar-refractivity contribution in [3.8, 4) is 5.69 Å².